The molecule has 4 N–H and O–H groups in total. The minimum atomic E-state index is -1.02. The second kappa shape index (κ2) is 41.2. The monoisotopic (exact) mass is 755 g/mol. The molecule has 7 heteroatoms. The number of ether oxygens (including phenoxy) is 1. The van der Waals surface area contributed by atoms with Crippen molar-refractivity contribution in [1.82, 2.24) is 5.32 Å². The molecular weight excluding hydrogens is 673 g/mol. The van der Waals surface area contributed by atoms with Gasteiger partial charge in [-0.2, -0.15) is 0 Å². The van der Waals surface area contributed by atoms with Gasteiger partial charge in [0.25, 0.3) is 0 Å². The van der Waals surface area contributed by atoms with E-state index in [-0.39, 0.29) is 18.0 Å². The average molecular weight is 755 g/mol. The van der Waals surface area contributed by atoms with E-state index in [2.05, 4.69) is 73.8 Å². The molecule has 0 radical (unpaired) electrons. The van der Waals surface area contributed by atoms with Crippen molar-refractivity contribution in [3.8, 4) is 0 Å². The highest BCUT2D eigenvalue weighted by Gasteiger charge is 2.19. The fourth-order valence-corrected chi connectivity index (χ4v) is 6.17. The van der Waals surface area contributed by atoms with Crippen LogP contribution in [0.2, 0.25) is 0 Å². The normalized spacial score (nSPS) is 13.2. The van der Waals surface area contributed by atoms with E-state index in [9.17, 15) is 19.5 Å². The van der Waals surface area contributed by atoms with Crippen LogP contribution in [-0.2, 0) is 19.1 Å². The number of amides is 1. The van der Waals surface area contributed by atoms with E-state index in [1.165, 1.54) is 77.0 Å². The van der Waals surface area contributed by atoms with Crippen molar-refractivity contribution in [2.24, 2.45) is 5.73 Å². The van der Waals surface area contributed by atoms with Crippen LogP contribution < -0.4 is 11.1 Å². The first kappa shape index (κ1) is 51.1. The van der Waals surface area contributed by atoms with Crippen molar-refractivity contribution >= 4 is 17.8 Å². The van der Waals surface area contributed by atoms with Crippen LogP contribution in [0.15, 0.2) is 60.8 Å². The molecule has 310 valence electrons. The number of hydrogen-bond donors (Lipinski definition) is 3. The number of nitrogens with one attached hydrogen (secondary N) is 1. The Morgan fingerprint density at radius 2 is 1.02 bits per heavy atom. The average Bonchev–Trinajstić information content (AvgIpc) is 3.16. The fourth-order valence-electron chi connectivity index (χ4n) is 6.17. The second-order valence-electron chi connectivity index (χ2n) is 14.7. The second-order valence-corrected chi connectivity index (χ2v) is 14.7. The molecule has 1 amide bonds. The van der Waals surface area contributed by atoms with Crippen LogP contribution in [0.5, 0.6) is 0 Å². The van der Waals surface area contributed by atoms with Crippen molar-refractivity contribution in [3.05, 3.63) is 60.8 Å². The summed E-state index contributed by atoms with van der Waals surface area (Å²) in [5.74, 6) is -1.37. The Balaban J connectivity index is 4.25. The summed E-state index contributed by atoms with van der Waals surface area (Å²) < 4.78 is 5.90. The van der Waals surface area contributed by atoms with E-state index in [0.717, 1.165) is 77.0 Å². The SMILES string of the molecule is CCCCC/C=C\C/C=C\C(CCCCCCC(=O)NC(CCCN)C(=O)O)OC(=O)CCCCCCCC/C=C\C/C=C\C/C=C\CCCCCCC. The number of carboxylic acids is 1. The predicted molar refractivity (Wildman–Crippen MR) is 229 cm³/mol. The lowest BCUT2D eigenvalue weighted by Crippen LogP contribution is -2.40. The zero-order valence-corrected chi connectivity index (χ0v) is 34.8. The summed E-state index contributed by atoms with van der Waals surface area (Å²) in [5.41, 5.74) is 5.48. The highest BCUT2D eigenvalue weighted by atomic mass is 16.5. The molecule has 0 aliphatic heterocycles. The molecule has 2 atom stereocenters. The van der Waals surface area contributed by atoms with Crippen LogP contribution in [0, 0.1) is 0 Å². The first-order valence-electron chi connectivity index (χ1n) is 22.1. The molecule has 0 aromatic heterocycles. The van der Waals surface area contributed by atoms with Crippen molar-refractivity contribution in [2.45, 2.75) is 212 Å². The van der Waals surface area contributed by atoms with Crippen LogP contribution >= 0.6 is 0 Å². The van der Waals surface area contributed by atoms with E-state index in [0.29, 0.717) is 38.6 Å². The Morgan fingerprint density at radius 1 is 0.556 bits per heavy atom. The Labute approximate surface area is 331 Å². The number of rotatable bonds is 39. The van der Waals surface area contributed by atoms with Gasteiger partial charge < -0.3 is 20.9 Å². The number of nitrogens with two attached hydrogens (primary N) is 1. The first-order valence-corrected chi connectivity index (χ1v) is 22.1. The van der Waals surface area contributed by atoms with E-state index in [1.807, 2.05) is 6.08 Å². The molecular formula is C47H82N2O5. The maximum Gasteiger partial charge on any atom is 0.326 e. The molecule has 0 heterocycles. The number of allylic oxidation sites excluding steroid dienone is 9. The number of aliphatic carboxylic acids is 1. The minimum Gasteiger partial charge on any atom is -0.480 e. The summed E-state index contributed by atoms with van der Waals surface area (Å²) in [5, 5.41) is 11.9. The Kier molecular flexibility index (Phi) is 39.0. The van der Waals surface area contributed by atoms with Gasteiger partial charge in [-0.1, -0.05) is 146 Å². The van der Waals surface area contributed by atoms with Crippen LogP contribution in [-0.4, -0.2) is 41.6 Å². The third kappa shape index (κ3) is 37.4. The number of unbranched alkanes of at least 4 members (excludes halogenated alkanes) is 17. The predicted octanol–water partition coefficient (Wildman–Crippen LogP) is 12.6. The van der Waals surface area contributed by atoms with Gasteiger partial charge in [-0.3, -0.25) is 9.59 Å². The number of esters is 1. The molecule has 0 bridgehead atoms. The lowest BCUT2D eigenvalue weighted by atomic mass is 10.1. The smallest absolute Gasteiger partial charge is 0.326 e. The molecule has 0 aliphatic rings. The standard InChI is InChI=1S/C47H82N2O5/c1-3-5-7-9-11-13-14-15-16-17-18-19-20-21-22-23-24-25-27-29-35-41-46(51)54-43(37-32-28-26-12-10-8-6-4-2)38-33-30-31-34-40-45(50)49-44(47(52)53)39-36-42-48/h12,14-15,17-18,20-21,26,32,37,43-44H,3-11,13,16,19,22-25,27-31,33-36,38-42,48H2,1-2H3,(H,49,50)(H,52,53)/b15-14-,18-17-,21-20-,26-12-,37-32-. The molecule has 0 spiro atoms. The topological polar surface area (TPSA) is 119 Å². The number of carboxylic acid groups (broad SMARTS) is 1. The molecule has 0 saturated carbocycles. The van der Waals surface area contributed by atoms with Gasteiger partial charge >= 0.3 is 11.9 Å². The van der Waals surface area contributed by atoms with Crippen molar-refractivity contribution in [1.29, 1.82) is 0 Å². The van der Waals surface area contributed by atoms with Crippen molar-refractivity contribution < 1.29 is 24.2 Å². The third-order valence-corrected chi connectivity index (χ3v) is 9.54. The third-order valence-electron chi connectivity index (χ3n) is 9.54. The van der Waals surface area contributed by atoms with Crippen molar-refractivity contribution in [3.63, 3.8) is 0 Å². The largest absolute Gasteiger partial charge is 0.480 e. The number of hydrogen-bond acceptors (Lipinski definition) is 5. The summed E-state index contributed by atoms with van der Waals surface area (Å²) in [6.45, 7) is 4.87. The van der Waals surface area contributed by atoms with E-state index in [1.54, 1.807) is 0 Å². The highest BCUT2D eigenvalue weighted by molar-refractivity contribution is 5.83. The molecule has 0 aliphatic carbocycles. The number of carbonyl (C=O) groups excluding carboxylic acids is 2. The highest BCUT2D eigenvalue weighted by Crippen LogP contribution is 2.15. The zero-order valence-electron chi connectivity index (χ0n) is 34.8. The zero-order chi connectivity index (χ0) is 39.6. The Hall–Kier alpha value is -2.93. The quantitative estimate of drug-likeness (QED) is 0.0327. The van der Waals surface area contributed by atoms with Gasteiger partial charge in [0.15, 0.2) is 0 Å². The molecule has 7 nitrogen and oxygen atoms in total. The summed E-state index contributed by atoms with van der Waals surface area (Å²) in [4.78, 5) is 36.3. The van der Waals surface area contributed by atoms with E-state index >= 15 is 0 Å². The molecule has 2 unspecified atom stereocenters. The summed E-state index contributed by atoms with van der Waals surface area (Å²) in [7, 11) is 0. The fraction of sp³-hybridized carbons (Fsp3) is 0.723. The van der Waals surface area contributed by atoms with Gasteiger partial charge in [0, 0.05) is 12.8 Å². The molecule has 0 fully saturated rings. The van der Waals surface area contributed by atoms with Crippen LogP contribution in [0.25, 0.3) is 0 Å². The van der Waals surface area contributed by atoms with Crippen LogP contribution in [0.4, 0.5) is 0 Å². The van der Waals surface area contributed by atoms with Crippen LogP contribution in [0.1, 0.15) is 200 Å². The maximum atomic E-state index is 12.7. The molecule has 0 rings (SSSR count). The summed E-state index contributed by atoms with van der Waals surface area (Å²) in [6.07, 6.45) is 51.4. The van der Waals surface area contributed by atoms with E-state index < -0.39 is 12.0 Å². The van der Waals surface area contributed by atoms with Gasteiger partial charge in [0.05, 0.1) is 0 Å². The van der Waals surface area contributed by atoms with Gasteiger partial charge in [-0.25, -0.2) is 4.79 Å². The van der Waals surface area contributed by atoms with Gasteiger partial charge in [0.2, 0.25) is 5.91 Å². The van der Waals surface area contributed by atoms with E-state index in [4.69, 9.17) is 10.5 Å². The number of carbonyl (C=O) groups is 3. The lowest BCUT2D eigenvalue weighted by Gasteiger charge is -2.15. The molecule has 0 saturated heterocycles. The van der Waals surface area contributed by atoms with Crippen LogP contribution in [0.3, 0.4) is 0 Å². The van der Waals surface area contributed by atoms with Gasteiger partial charge in [-0.15, -0.1) is 0 Å². The first-order chi connectivity index (χ1) is 26.4. The minimum absolute atomic E-state index is 0.118. The molecule has 0 aromatic carbocycles. The van der Waals surface area contributed by atoms with Gasteiger partial charge in [0.1, 0.15) is 12.1 Å². The lowest BCUT2D eigenvalue weighted by molar-refractivity contribution is -0.147. The Morgan fingerprint density at radius 3 is 1.59 bits per heavy atom. The Bertz CT molecular complexity index is 1030. The summed E-state index contributed by atoms with van der Waals surface area (Å²) >= 11 is 0. The summed E-state index contributed by atoms with van der Waals surface area (Å²) in [6, 6.07) is -0.877. The van der Waals surface area contributed by atoms with Crippen molar-refractivity contribution in [2.75, 3.05) is 6.54 Å². The molecule has 0 aromatic rings. The van der Waals surface area contributed by atoms with Gasteiger partial charge in [-0.05, 0) is 109 Å². The molecule has 54 heavy (non-hydrogen) atoms. The maximum absolute atomic E-state index is 12.7.